The van der Waals surface area contributed by atoms with Gasteiger partial charge in [-0.15, -0.1) is 0 Å². The number of nitrogens with two attached hydrogens (primary N) is 1. The van der Waals surface area contributed by atoms with Crippen molar-refractivity contribution in [2.75, 3.05) is 23.8 Å². The van der Waals surface area contributed by atoms with Gasteiger partial charge in [0.25, 0.3) is 0 Å². The Morgan fingerprint density at radius 3 is 2.62 bits per heavy atom. The molecule has 0 atom stereocenters. The summed E-state index contributed by atoms with van der Waals surface area (Å²) in [7, 11) is 0. The highest BCUT2D eigenvalue weighted by Crippen LogP contribution is 2.35. The molecule has 2 rings (SSSR count). The lowest BCUT2D eigenvalue weighted by atomic mass is 9.81. The lowest BCUT2D eigenvalue weighted by Gasteiger charge is -2.31. The maximum atomic E-state index is 11.8. The van der Waals surface area contributed by atoms with E-state index < -0.39 is 0 Å². The van der Waals surface area contributed by atoms with Crippen molar-refractivity contribution in [3.63, 3.8) is 0 Å². The van der Waals surface area contributed by atoms with Gasteiger partial charge in [-0.1, -0.05) is 15.9 Å². The van der Waals surface area contributed by atoms with Gasteiger partial charge < -0.3 is 15.4 Å². The molecule has 0 unspecified atom stereocenters. The van der Waals surface area contributed by atoms with E-state index in [2.05, 4.69) is 15.9 Å². The Balaban J connectivity index is 2.02. The quantitative estimate of drug-likeness (QED) is 0.452. The van der Waals surface area contributed by atoms with E-state index in [0.29, 0.717) is 24.8 Å². The van der Waals surface area contributed by atoms with Crippen LogP contribution in [0, 0.1) is 18.8 Å². The van der Waals surface area contributed by atoms with Gasteiger partial charge in [-0.3, -0.25) is 9.59 Å². The van der Waals surface area contributed by atoms with Crippen LogP contribution in [0.25, 0.3) is 0 Å². The molecule has 0 radical (unpaired) electrons. The fraction of sp³-hybridized carbons (Fsp3) is 0.556. The van der Waals surface area contributed by atoms with Gasteiger partial charge in [-0.25, -0.2) is 0 Å². The van der Waals surface area contributed by atoms with E-state index in [-0.39, 0.29) is 11.9 Å². The van der Waals surface area contributed by atoms with Crippen LogP contribution in [-0.2, 0) is 14.3 Å². The maximum absolute atomic E-state index is 11.8. The van der Waals surface area contributed by atoms with Crippen molar-refractivity contribution in [2.24, 2.45) is 11.8 Å². The van der Waals surface area contributed by atoms with E-state index in [1.807, 2.05) is 19.9 Å². The van der Waals surface area contributed by atoms with E-state index in [4.69, 9.17) is 10.5 Å². The first kappa shape index (κ1) is 18.8. The van der Waals surface area contributed by atoms with Crippen molar-refractivity contribution >= 4 is 39.7 Å². The largest absolute Gasteiger partial charge is 0.466 e. The molecule has 1 aliphatic carbocycles. The van der Waals surface area contributed by atoms with Crippen molar-refractivity contribution in [1.29, 1.82) is 0 Å². The van der Waals surface area contributed by atoms with Gasteiger partial charge in [0.1, 0.15) is 0 Å². The van der Waals surface area contributed by atoms with Gasteiger partial charge in [0.05, 0.1) is 23.9 Å². The van der Waals surface area contributed by atoms with Gasteiger partial charge in [0, 0.05) is 11.0 Å². The van der Waals surface area contributed by atoms with Crippen LogP contribution in [0.1, 0.15) is 38.2 Å². The Morgan fingerprint density at radius 1 is 1.38 bits per heavy atom. The zero-order valence-electron chi connectivity index (χ0n) is 14.3. The number of ether oxygens (including phenoxy) is 1. The molecule has 1 aromatic carbocycles. The van der Waals surface area contributed by atoms with Crippen LogP contribution in [0.15, 0.2) is 16.6 Å². The normalized spacial score (nSPS) is 20.5. The number of carbonyl (C=O) groups is 2. The van der Waals surface area contributed by atoms with Gasteiger partial charge in [-0.05, 0) is 63.1 Å². The lowest BCUT2D eigenvalue weighted by Crippen LogP contribution is -2.33. The second kappa shape index (κ2) is 8.51. The first-order valence-corrected chi connectivity index (χ1v) is 9.20. The summed E-state index contributed by atoms with van der Waals surface area (Å²) >= 11 is 3.49. The van der Waals surface area contributed by atoms with E-state index in [0.717, 1.165) is 47.8 Å². The fourth-order valence-corrected chi connectivity index (χ4v) is 3.70. The number of hydrogen-bond acceptors (Lipinski definition) is 4. The molecule has 1 aliphatic rings. The van der Waals surface area contributed by atoms with Gasteiger partial charge in [0.2, 0.25) is 6.41 Å². The average Bonchev–Trinajstić information content (AvgIpc) is 2.58. The summed E-state index contributed by atoms with van der Waals surface area (Å²) in [5, 5.41) is 0. The Hall–Kier alpha value is -1.56. The van der Waals surface area contributed by atoms with Gasteiger partial charge in [0.15, 0.2) is 0 Å². The maximum Gasteiger partial charge on any atom is 0.308 e. The number of anilines is 2. The minimum absolute atomic E-state index is 0.00329. The number of nitrogen functional groups attached to an aromatic ring is 1. The number of nitrogens with zero attached hydrogens (tertiary/aromatic N) is 1. The van der Waals surface area contributed by atoms with Crippen LogP contribution in [-0.4, -0.2) is 25.5 Å². The molecule has 2 N–H and O–H groups in total. The second-order valence-electron chi connectivity index (χ2n) is 6.34. The molecule has 5 nitrogen and oxygen atoms in total. The SMILES string of the molecule is CCOC(=O)C1CCC(CN(C=O)c2c(N)ccc(Br)c2C)CC1. The summed E-state index contributed by atoms with van der Waals surface area (Å²) in [6, 6.07) is 3.70. The highest BCUT2D eigenvalue weighted by Gasteiger charge is 2.29. The monoisotopic (exact) mass is 396 g/mol. The minimum atomic E-state index is -0.0877. The number of amides is 1. The molecular weight excluding hydrogens is 372 g/mol. The zero-order chi connectivity index (χ0) is 17.7. The minimum Gasteiger partial charge on any atom is -0.466 e. The molecule has 24 heavy (non-hydrogen) atoms. The smallest absolute Gasteiger partial charge is 0.308 e. The Labute approximate surface area is 151 Å². The number of carbonyl (C=O) groups excluding carboxylic acids is 2. The second-order valence-corrected chi connectivity index (χ2v) is 7.19. The number of esters is 1. The Bertz CT molecular complexity index is 598. The Morgan fingerprint density at radius 2 is 2.04 bits per heavy atom. The number of halogens is 1. The summed E-state index contributed by atoms with van der Waals surface area (Å²) < 4.78 is 6.04. The summed E-state index contributed by atoms with van der Waals surface area (Å²) in [4.78, 5) is 25.2. The average molecular weight is 397 g/mol. The van der Waals surface area contributed by atoms with Gasteiger partial charge >= 0.3 is 5.97 Å². The van der Waals surface area contributed by atoms with Crippen molar-refractivity contribution in [1.82, 2.24) is 0 Å². The van der Waals surface area contributed by atoms with E-state index >= 15 is 0 Å². The van der Waals surface area contributed by atoms with Gasteiger partial charge in [-0.2, -0.15) is 0 Å². The standard InChI is InChI=1S/C18H25BrN2O3/c1-3-24-18(23)14-6-4-13(5-7-14)10-21(11-22)17-12(2)15(19)8-9-16(17)20/h8-9,11,13-14H,3-7,10,20H2,1-2H3. The predicted molar refractivity (Wildman–Crippen MR) is 98.8 cm³/mol. The molecule has 1 fully saturated rings. The van der Waals surface area contributed by atoms with Crippen molar-refractivity contribution < 1.29 is 14.3 Å². The first-order chi connectivity index (χ1) is 11.5. The van der Waals surface area contributed by atoms with Crippen LogP contribution in [0.3, 0.4) is 0 Å². The van der Waals surface area contributed by atoms with Crippen LogP contribution in [0.2, 0.25) is 0 Å². The summed E-state index contributed by atoms with van der Waals surface area (Å²) in [5.74, 6) is 0.289. The summed E-state index contributed by atoms with van der Waals surface area (Å²) in [6.07, 6.45) is 4.33. The van der Waals surface area contributed by atoms with Crippen LogP contribution < -0.4 is 10.6 Å². The third-order valence-corrected chi connectivity index (χ3v) is 5.59. The van der Waals surface area contributed by atoms with E-state index in [1.54, 1.807) is 11.0 Å². The van der Waals surface area contributed by atoms with Crippen LogP contribution in [0.4, 0.5) is 11.4 Å². The third kappa shape index (κ3) is 4.29. The summed E-state index contributed by atoms with van der Waals surface area (Å²) in [6.45, 7) is 4.83. The van der Waals surface area contributed by atoms with Crippen LogP contribution >= 0.6 is 15.9 Å². The molecule has 0 aliphatic heterocycles. The third-order valence-electron chi connectivity index (χ3n) is 4.73. The topological polar surface area (TPSA) is 72.6 Å². The molecule has 0 bridgehead atoms. The zero-order valence-corrected chi connectivity index (χ0v) is 15.8. The highest BCUT2D eigenvalue weighted by atomic mass is 79.9. The number of hydrogen-bond donors (Lipinski definition) is 1. The van der Waals surface area contributed by atoms with Crippen LogP contribution in [0.5, 0.6) is 0 Å². The molecule has 132 valence electrons. The molecule has 0 heterocycles. The number of benzene rings is 1. The summed E-state index contributed by atoms with van der Waals surface area (Å²) in [5.41, 5.74) is 8.42. The number of rotatable bonds is 6. The fourth-order valence-electron chi connectivity index (χ4n) is 3.38. The van der Waals surface area contributed by atoms with Crippen molar-refractivity contribution in [2.45, 2.75) is 39.5 Å². The highest BCUT2D eigenvalue weighted by molar-refractivity contribution is 9.10. The molecular formula is C18H25BrN2O3. The Kier molecular flexibility index (Phi) is 6.66. The molecule has 1 amide bonds. The molecule has 0 saturated heterocycles. The lowest BCUT2D eigenvalue weighted by molar-refractivity contribution is -0.149. The first-order valence-electron chi connectivity index (χ1n) is 8.41. The van der Waals surface area contributed by atoms with Crippen molar-refractivity contribution in [3.8, 4) is 0 Å². The van der Waals surface area contributed by atoms with E-state index in [1.165, 1.54) is 0 Å². The predicted octanol–water partition coefficient (Wildman–Crippen LogP) is 3.67. The molecule has 6 heteroatoms. The molecule has 1 saturated carbocycles. The molecule has 1 aromatic rings. The van der Waals surface area contributed by atoms with E-state index in [9.17, 15) is 9.59 Å². The molecule has 0 spiro atoms. The molecule has 0 aromatic heterocycles. The van der Waals surface area contributed by atoms with Crippen molar-refractivity contribution in [3.05, 3.63) is 22.2 Å².